The zero-order valence-electron chi connectivity index (χ0n) is 23.5. The van der Waals surface area contributed by atoms with Gasteiger partial charge in [0.25, 0.3) is 0 Å². The highest BCUT2D eigenvalue weighted by molar-refractivity contribution is 6.37. The second kappa shape index (κ2) is 13.4. The van der Waals surface area contributed by atoms with Crippen LogP contribution in [0.2, 0.25) is 10.0 Å². The van der Waals surface area contributed by atoms with Crippen LogP contribution in [-0.4, -0.2) is 50.3 Å². The first kappa shape index (κ1) is 32.3. The van der Waals surface area contributed by atoms with Gasteiger partial charge in [-0.05, 0) is 55.8 Å². The Morgan fingerprint density at radius 3 is 2.27 bits per heavy atom. The largest absolute Gasteiger partial charge is 0.934 e. The molecule has 15 heteroatoms. The predicted octanol–water partition coefficient (Wildman–Crippen LogP) is 7.43. The SMILES string of the molecule is Cc1cc(C)n(C)c1/C=C1/C=CC(CCC(=O)Oc2c(Cl)cc(N=Nc3cc(C(=O)O)ccc3C(=O)O)cc2Cl)=[N+]1B(F)F. The molecule has 0 amide bonds. The highest BCUT2D eigenvalue weighted by Crippen LogP contribution is 2.38. The van der Waals surface area contributed by atoms with E-state index in [1.807, 2.05) is 31.5 Å². The number of carboxylic acids is 2. The van der Waals surface area contributed by atoms with Crippen LogP contribution >= 0.6 is 23.2 Å². The second-order valence-corrected chi connectivity index (χ2v) is 10.5. The molecular weight excluding hydrogens is 620 g/mol. The van der Waals surface area contributed by atoms with E-state index in [4.69, 9.17) is 27.9 Å². The van der Waals surface area contributed by atoms with Crippen LogP contribution in [0.5, 0.6) is 5.75 Å². The Hall–Kier alpha value is -4.62. The zero-order chi connectivity index (χ0) is 32.3. The van der Waals surface area contributed by atoms with Crippen LogP contribution in [0.25, 0.3) is 6.08 Å². The van der Waals surface area contributed by atoms with Crippen molar-refractivity contribution < 1.29 is 42.5 Å². The van der Waals surface area contributed by atoms with E-state index in [-0.39, 0.29) is 62.5 Å². The molecular formula is C29H24BCl2F2N4O6+. The third kappa shape index (κ3) is 7.12. The highest BCUT2D eigenvalue weighted by Gasteiger charge is 2.41. The minimum Gasteiger partial charge on any atom is -0.478 e. The Labute approximate surface area is 260 Å². The number of aromatic carboxylic acids is 2. The number of halogens is 4. The fraction of sp³-hybridized carbons (Fsp3) is 0.172. The number of aromatic nitrogens is 1. The second-order valence-electron chi connectivity index (χ2n) is 9.71. The molecule has 1 aliphatic rings. The van der Waals surface area contributed by atoms with Crippen LogP contribution in [0.3, 0.4) is 0 Å². The summed E-state index contributed by atoms with van der Waals surface area (Å²) in [5, 5.41) is 26.0. The number of azo groups is 1. The molecule has 0 unspecified atom stereocenters. The summed E-state index contributed by atoms with van der Waals surface area (Å²) in [5.41, 5.74) is 2.59. The van der Waals surface area contributed by atoms with Crippen molar-refractivity contribution in [2.75, 3.05) is 0 Å². The Bertz CT molecular complexity index is 1790. The maximum Gasteiger partial charge on any atom is 0.934 e. The molecule has 4 rings (SSSR count). The standard InChI is InChI=1S/C29H23BCl2F2N4O6/c1-15-10-16(2)37(3)25(15)14-20-6-5-19(38(20)30(33)34)7-9-26(39)44-27-22(31)12-18(13-23(27)32)35-36-24-11-17(28(40)41)4-8-21(24)29(42)43/h4-6,8,10-14H,7,9H2,1-3H3,(H-,40,41,42,43)/p+1. The van der Waals surface area contributed by atoms with Crippen molar-refractivity contribution in [1.82, 2.24) is 4.57 Å². The summed E-state index contributed by atoms with van der Waals surface area (Å²) in [4.78, 5) is 35.4. The number of carbonyl (C=O) groups excluding carboxylic acids is 1. The molecule has 2 N–H and O–H groups in total. The van der Waals surface area contributed by atoms with Gasteiger partial charge < -0.3 is 19.5 Å². The highest BCUT2D eigenvalue weighted by atomic mass is 35.5. The number of nitrogens with zero attached hydrogens (tertiary/aromatic N) is 4. The van der Waals surface area contributed by atoms with Gasteiger partial charge in [0.2, 0.25) is 0 Å². The Balaban J connectivity index is 1.49. The molecule has 0 spiro atoms. The van der Waals surface area contributed by atoms with Gasteiger partial charge in [0.1, 0.15) is 5.69 Å². The first-order valence-corrected chi connectivity index (χ1v) is 13.7. The molecule has 44 heavy (non-hydrogen) atoms. The van der Waals surface area contributed by atoms with Crippen molar-refractivity contribution in [1.29, 1.82) is 0 Å². The summed E-state index contributed by atoms with van der Waals surface area (Å²) in [6.07, 6.45) is 4.45. The van der Waals surface area contributed by atoms with E-state index in [1.54, 1.807) is 12.2 Å². The van der Waals surface area contributed by atoms with E-state index in [2.05, 4.69) is 10.2 Å². The lowest BCUT2D eigenvalue weighted by Crippen LogP contribution is -2.25. The van der Waals surface area contributed by atoms with Crippen LogP contribution < -0.4 is 4.74 Å². The summed E-state index contributed by atoms with van der Waals surface area (Å²) in [7, 11) is -0.991. The van der Waals surface area contributed by atoms with Crippen molar-refractivity contribution >= 4 is 71.7 Å². The predicted molar refractivity (Wildman–Crippen MR) is 161 cm³/mol. The van der Waals surface area contributed by atoms with Gasteiger partial charge in [0.15, 0.2) is 17.2 Å². The van der Waals surface area contributed by atoms with E-state index in [9.17, 15) is 33.2 Å². The van der Waals surface area contributed by atoms with E-state index in [0.717, 1.165) is 39.6 Å². The average Bonchev–Trinajstić information content (AvgIpc) is 3.47. The van der Waals surface area contributed by atoms with Gasteiger partial charge in [0.05, 0.1) is 39.0 Å². The summed E-state index contributed by atoms with van der Waals surface area (Å²) in [6.45, 7) is 3.82. The Kier molecular flexibility index (Phi) is 9.80. The van der Waals surface area contributed by atoms with Crippen molar-refractivity contribution in [3.63, 3.8) is 0 Å². The number of benzene rings is 2. The fourth-order valence-corrected chi connectivity index (χ4v) is 5.05. The van der Waals surface area contributed by atoms with Crippen molar-refractivity contribution in [3.8, 4) is 5.75 Å². The smallest absolute Gasteiger partial charge is 0.478 e. The lowest BCUT2D eigenvalue weighted by molar-refractivity contribution is -0.342. The molecule has 0 bridgehead atoms. The van der Waals surface area contributed by atoms with Crippen LogP contribution in [-0.2, 0) is 11.8 Å². The van der Waals surface area contributed by atoms with Crippen molar-refractivity contribution in [2.45, 2.75) is 26.7 Å². The number of carbonyl (C=O) groups is 3. The number of hydrogen-bond donors (Lipinski definition) is 2. The molecule has 2 heterocycles. The number of aryl methyl sites for hydroxylation is 2. The van der Waals surface area contributed by atoms with Gasteiger partial charge in [-0.25, -0.2) is 22.7 Å². The third-order valence-corrected chi connectivity index (χ3v) is 7.33. The number of esters is 1. The summed E-state index contributed by atoms with van der Waals surface area (Å²) in [5.74, 6) is -3.59. The minimum absolute atomic E-state index is 0.0506. The van der Waals surface area contributed by atoms with Gasteiger partial charge >= 0.3 is 25.3 Å². The molecule has 0 fully saturated rings. The average molecular weight is 644 g/mol. The lowest BCUT2D eigenvalue weighted by atomic mass is 10.1. The molecule has 1 aliphatic heterocycles. The number of allylic oxidation sites excluding steroid dienone is 2. The summed E-state index contributed by atoms with van der Waals surface area (Å²) < 4.78 is 36.2. The molecule has 0 saturated heterocycles. The quantitative estimate of drug-likeness (QED) is 0.102. The topological polar surface area (TPSA) is 134 Å². The van der Waals surface area contributed by atoms with Gasteiger partial charge in [-0.1, -0.05) is 23.2 Å². The third-order valence-electron chi connectivity index (χ3n) is 6.77. The first-order valence-electron chi connectivity index (χ1n) is 12.9. The number of ether oxygens (including phenoxy) is 1. The Morgan fingerprint density at radius 1 is 1.02 bits per heavy atom. The van der Waals surface area contributed by atoms with E-state index >= 15 is 0 Å². The minimum atomic E-state index is -2.84. The van der Waals surface area contributed by atoms with E-state index in [1.165, 1.54) is 18.2 Å². The molecule has 1 aromatic heterocycles. The fourth-order valence-electron chi connectivity index (χ4n) is 4.49. The summed E-state index contributed by atoms with van der Waals surface area (Å²) >= 11 is 12.5. The molecule has 0 atom stereocenters. The van der Waals surface area contributed by atoms with Gasteiger partial charge in [-0.2, -0.15) is 5.11 Å². The first-order chi connectivity index (χ1) is 20.8. The molecule has 10 nitrogen and oxygen atoms in total. The van der Waals surface area contributed by atoms with Crippen LogP contribution in [0.1, 0.15) is 50.5 Å². The van der Waals surface area contributed by atoms with Gasteiger partial charge in [-0.15, -0.1) is 5.11 Å². The molecule has 0 saturated carbocycles. The number of rotatable bonds is 10. The van der Waals surface area contributed by atoms with Crippen molar-refractivity contribution in [2.24, 2.45) is 17.3 Å². The van der Waals surface area contributed by atoms with E-state index in [0.29, 0.717) is 0 Å². The molecule has 226 valence electrons. The molecule has 0 radical (unpaired) electrons. The monoisotopic (exact) mass is 643 g/mol. The zero-order valence-corrected chi connectivity index (χ0v) is 25.0. The maximum atomic E-state index is 14.0. The maximum absolute atomic E-state index is 14.0. The van der Waals surface area contributed by atoms with E-state index < -0.39 is 25.3 Å². The normalized spacial score (nSPS) is 13.8. The van der Waals surface area contributed by atoms with Crippen LogP contribution in [0, 0.1) is 13.8 Å². The lowest BCUT2D eigenvalue weighted by Gasteiger charge is -2.09. The van der Waals surface area contributed by atoms with Crippen molar-refractivity contribution in [3.05, 3.63) is 92.4 Å². The van der Waals surface area contributed by atoms with Gasteiger partial charge in [0, 0.05) is 37.4 Å². The molecule has 3 aromatic rings. The number of hydrogen-bond acceptors (Lipinski definition) is 6. The number of carboxylic acid groups (broad SMARTS) is 2. The van der Waals surface area contributed by atoms with Gasteiger partial charge in [-0.3, -0.25) is 4.79 Å². The van der Waals surface area contributed by atoms with Crippen LogP contribution in [0.15, 0.2) is 64.5 Å². The Morgan fingerprint density at radius 2 is 1.70 bits per heavy atom. The molecule has 2 aromatic carbocycles. The molecule has 0 aliphatic carbocycles. The van der Waals surface area contributed by atoms with Crippen LogP contribution in [0.4, 0.5) is 20.0 Å². The summed E-state index contributed by atoms with van der Waals surface area (Å²) in [6, 6.07) is 7.71.